The maximum Gasteiger partial charge on any atom is 0.251 e. The molecule has 1 atom stereocenters. The quantitative estimate of drug-likeness (QED) is 0.782. The first-order valence-corrected chi connectivity index (χ1v) is 7.08. The van der Waals surface area contributed by atoms with Gasteiger partial charge in [-0.3, -0.25) is 14.5 Å². The molecule has 18 heavy (non-hydrogen) atoms. The third-order valence-electron chi connectivity index (χ3n) is 2.71. The molecule has 2 rings (SSSR count). The number of nitrogens with zero attached hydrogens (tertiary/aromatic N) is 1. The maximum absolute atomic E-state index is 11.8. The van der Waals surface area contributed by atoms with Gasteiger partial charge >= 0.3 is 0 Å². The van der Waals surface area contributed by atoms with Gasteiger partial charge in [0.15, 0.2) is 0 Å². The van der Waals surface area contributed by atoms with Gasteiger partial charge in [0, 0.05) is 21.0 Å². The van der Waals surface area contributed by atoms with E-state index >= 15 is 0 Å². The van der Waals surface area contributed by atoms with E-state index in [1.54, 1.807) is 12.1 Å². The number of amides is 2. The van der Waals surface area contributed by atoms with E-state index in [9.17, 15) is 9.59 Å². The molecular weight excluding hydrogens is 387 g/mol. The monoisotopic (exact) mass is 394 g/mol. The van der Waals surface area contributed by atoms with Crippen LogP contribution in [0.1, 0.15) is 6.42 Å². The Kier molecular flexibility index (Phi) is 3.99. The molecule has 1 saturated heterocycles. The average Bonchev–Trinajstić information content (AvgIpc) is 2.51. The summed E-state index contributed by atoms with van der Waals surface area (Å²) in [7, 11) is 1.48. The Hall–Kier alpha value is -0.590. The van der Waals surface area contributed by atoms with E-state index in [4.69, 9.17) is 11.6 Å². The Morgan fingerprint density at radius 1 is 1.33 bits per heavy atom. The Morgan fingerprint density at radius 2 is 1.89 bits per heavy atom. The number of imide groups is 1. The van der Waals surface area contributed by atoms with E-state index in [0.717, 1.165) is 13.8 Å². The molecule has 1 aliphatic heterocycles. The second kappa shape index (κ2) is 5.19. The summed E-state index contributed by atoms with van der Waals surface area (Å²) in [4.78, 5) is 24.4. The Bertz CT molecular complexity index is 513. The van der Waals surface area contributed by atoms with E-state index in [2.05, 4.69) is 37.2 Å². The summed E-state index contributed by atoms with van der Waals surface area (Å²) in [5.74, 6) is -0.410. The van der Waals surface area contributed by atoms with Crippen LogP contribution in [0.3, 0.4) is 0 Å². The molecule has 0 radical (unpaired) electrons. The lowest BCUT2D eigenvalue weighted by Gasteiger charge is -2.15. The van der Waals surface area contributed by atoms with Crippen molar-refractivity contribution in [3.63, 3.8) is 0 Å². The van der Waals surface area contributed by atoms with Gasteiger partial charge in [-0.05, 0) is 44.0 Å². The van der Waals surface area contributed by atoms with Crippen LogP contribution in [-0.2, 0) is 9.59 Å². The van der Waals surface area contributed by atoms with Crippen LogP contribution in [0.4, 0.5) is 5.69 Å². The average molecular weight is 396 g/mol. The Balaban J connectivity index is 2.26. The lowest BCUT2D eigenvalue weighted by molar-refractivity contribution is -0.136. The molecule has 7 heteroatoms. The first-order valence-electron chi connectivity index (χ1n) is 5.11. The topological polar surface area (TPSA) is 49.4 Å². The third kappa shape index (κ3) is 2.55. The number of benzene rings is 1. The molecule has 1 aromatic rings. The molecule has 1 heterocycles. The molecule has 2 amide bonds. The van der Waals surface area contributed by atoms with Crippen molar-refractivity contribution < 1.29 is 9.59 Å². The molecule has 0 spiro atoms. The molecule has 0 aromatic heterocycles. The van der Waals surface area contributed by atoms with Gasteiger partial charge in [-0.15, -0.1) is 0 Å². The fraction of sp³-hybridized carbons (Fsp3) is 0.273. The summed E-state index contributed by atoms with van der Waals surface area (Å²) < 4.78 is 1.47. The van der Waals surface area contributed by atoms with Crippen molar-refractivity contribution in [2.75, 3.05) is 12.4 Å². The van der Waals surface area contributed by atoms with E-state index in [-0.39, 0.29) is 18.2 Å². The number of hydrogen-bond acceptors (Lipinski definition) is 3. The maximum atomic E-state index is 11.8. The summed E-state index contributed by atoms with van der Waals surface area (Å²) in [6.07, 6.45) is 0.164. The van der Waals surface area contributed by atoms with Gasteiger partial charge in [0.1, 0.15) is 6.04 Å². The summed E-state index contributed by atoms with van der Waals surface area (Å²) in [6.45, 7) is 0. The Morgan fingerprint density at radius 3 is 2.33 bits per heavy atom. The van der Waals surface area contributed by atoms with E-state index < -0.39 is 6.04 Å². The van der Waals surface area contributed by atoms with Crippen LogP contribution < -0.4 is 5.32 Å². The fourth-order valence-corrected chi connectivity index (χ4v) is 3.62. The number of likely N-dealkylation sites (tertiary alicyclic amines) is 1. The van der Waals surface area contributed by atoms with E-state index in [1.165, 1.54) is 7.05 Å². The predicted octanol–water partition coefficient (Wildman–Crippen LogP) is 3.03. The zero-order chi connectivity index (χ0) is 13.4. The normalized spacial score (nSPS) is 19.6. The number of halogens is 3. The largest absolute Gasteiger partial charge is 0.371 e. The number of nitrogens with one attached hydrogen (secondary N) is 1. The number of rotatable bonds is 2. The molecule has 0 bridgehead atoms. The molecule has 96 valence electrons. The van der Waals surface area contributed by atoms with Crippen molar-refractivity contribution in [2.45, 2.75) is 12.5 Å². The van der Waals surface area contributed by atoms with Crippen LogP contribution in [0.15, 0.2) is 21.1 Å². The third-order valence-corrected chi connectivity index (χ3v) is 4.18. The predicted molar refractivity (Wildman–Crippen MR) is 76.7 cm³/mol. The van der Waals surface area contributed by atoms with Gasteiger partial charge in [-0.1, -0.05) is 11.6 Å². The number of carbonyl (C=O) groups is 2. The molecule has 0 aliphatic carbocycles. The molecular formula is C11H9Br2ClN2O2. The van der Waals surface area contributed by atoms with Crippen LogP contribution >= 0.6 is 43.5 Å². The second-order valence-electron chi connectivity index (χ2n) is 3.94. The highest BCUT2D eigenvalue weighted by molar-refractivity contribution is 9.11. The second-order valence-corrected chi connectivity index (χ2v) is 6.08. The van der Waals surface area contributed by atoms with Crippen molar-refractivity contribution >= 4 is 61.0 Å². The van der Waals surface area contributed by atoms with Crippen LogP contribution in [0.25, 0.3) is 0 Å². The van der Waals surface area contributed by atoms with Gasteiger partial charge in [0.05, 0.1) is 12.1 Å². The smallest absolute Gasteiger partial charge is 0.251 e. The SMILES string of the molecule is CN1C(=O)CC(Nc2c(Br)cc(Cl)cc2Br)C1=O. The van der Waals surface area contributed by atoms with Crippen LogP contribution in [0.2, 0.25) is 5.02 Å². The van der Waals surface area contributed by atoms with Crippen molar-refractivity contribution in [2.24, 2.45) is 0 Å². The van der Waals surface area contributed by atoms with Crippen LogP contribution in [-0.4, -0.2) is 29.8 Å². The highest BCUT2D eigenvalue weighted by atomic mass is 79.9. The summed E-state index contributed by atoms with van der Waals surface area (Å²) in [5.41, 5.74) is 0.709. The first-order chi connectivity index (χ1) is 8.40. The van der Waals surface area contributed by atoms with Crippen LogP contribution in [0.5, 0.6) is 0 Å². The van der Waals surface area contributed by atoms with Crippen molar-refractivity contribution in [1.29, 1.82) is 0 Å². The molecule has 4 nitrogen and oxygen atoms in total. The van der Waals surface area contributed by atoms with Gasteiger partial charge in [-0.25, -0.2) is 0 Å². The minimum Gasteiger partial charge on any atom is -0.371 e. The first kappa shape index (κ1) is 13.8. The molecule has 1 aromatic carbocycles. The molecule has 1 aliphatic rings. The lowest BCUT2D eigenvalue weighted by Crippen LogP contribution is -2.32. The number of carbonyl (C=O) groups excluding carboxylic acids is 2. The molecule has 1 unspecified atom stereocenters. The zero-order valence-corrected chi connectivity index (χ0v) is 13.3. The van der Waals surface area contributed by atoms with Crippen molar-refractivity contribution in [1.82, 2.24) is 4.90 Å². The zero-order valence-electron chi connectivity index (χ0n) is 9.34. The minimum absolute atomic E-state index is 0.164. The number of hydrogen-bond donors (Lipinski definition) is 1. The highest BCUT2D eigenvalue weighted by Gasteiger charge is 2.36. The highest BCUT2D eigenvalue weighted by Crippen LogP contribution is 2.35. The number of anilines is 1. The van der Waals surface area contributed by atoms with Gasteiger partial charge < -0.3 is 5.32 Å². The van der Waals surface area contributed by atoms with Crippen molar-refractivity contribution in [3.05, 3.63) is 26.1 Å². The fourth-order valence-electron chi connectivity index (χ4n) is 1.72. The van der Waals surface area contributed by atoms with Gasteiger partial charge in [0.2, 0.25) is 5.91 Å². The summed E-state index contributed by atoms with van der Waals surface area (Å²) >= 11 is 12.6. The molecule has 0 saturated carbocycles. The minimum atomic E-state index is -0.531. The lowest BCUT2D eigenvalue weighted by atomic mass is 10.2. The Labute approximate surface area is 126 Å². The van der Waals surface area contributed by atoms with Crippen molar-refractivity contribution in [3.8, 4) is 0 Å². The van der Waals surface area contributed by atoms with E-state index in [0.29, 0.717) is 10.7 Å². The molecule has 1 N–H and O–H groups in total. The van der Waals surface area contributed by atoms with Crippen LogP contribution in [0, 0.1) is 0 Å². The van der Waals surface area contributed by atoms with Gasteiger partial charge in [0.25, 0.3) is 5.91 Å². The standard InChI is InChI=1S/C11H9Br2ClN2O2/c1-16-9(17)4-8(11(16)18)15-10-6(12)2-5(14)3-7(10)13/h2-3,8,15H,4H2,1H3. The van der Waals surface area contributed by atoms with E-state index in [1.807, 2.05) is 0 Å². The number of likely N-dealkylation sites (N-methyl/N-ethyl adjacent to an activating group) is 1. The van der Waals surface area contributed by atoms with Gasteiger partial charge in [-0.2, -0.15) is 0 Å². The summed E-state index contributed by atoms with van der Waals surface area (Å²) in [5, 5.41) is 3.63. The summed E-state index contributed by atoms with van der Waals surface area (Å²) in [6, 6.07) is 2.91. The molecule has 1 fully saturated rings.